The number of carbonyl (C=O) groups is 1. The highest BCUT2D eigenvalue weighted by molar-refractivity contribution is 5.91. The molecule has 4 rings (SSSR count). The van der Waals surface area contributed by atoms with Gasteiger partial charge in [-0.2, -0.15) is 0 Å². The number of benzene rings is 1. The summed E-state index contributed by atoms with van der Waals surface area (Å²) >= 11 is 0. The molecular formula is C23H27N3O4. The van der Waals surface area contributed by atoms with Gasteiger partial charge in [-0.3, -0.25) is 4.79 Å². The molecule has 0 aliphatic carbocycles. The van der Waals surface area contributed by atoms with Gasteiger partial charge in [0.05, 0.1) is 31.6 Å². The zero-order chi connectivity index (χ0) is 20.9. The molecule has 0 spiro atoms. The van der Waals surface area contributed by atoms with E-state index in [0.717, 1.165) is 36.3 Å². The average Bonchev–Trinajstić information content (AvgIpc) is 3.48. The Labute approximate surface area is 176 Å². The van der Waals surface area contributed by atoms with Crippen LogP contribution in [0.5, 0.6) is 0 Å². The second-order valence-electron chi connectivity index (χ2n) is 7.45. The summed E-state index contributed by atoms with van der Waals surface area (Å²) in [5, 5.41) is 4.40. The molecule has 0 N–H and O–H groups in total. The van der Waals surface area contributed by atoms with Crippen molar-refractivity contribution in [1.29, 1.82) is 0 Å². The van der Waals surface area contributed by atoms with E-state index in [0.29, 0.717) is 31.4 Å². The summed E-state index contributed by atoms with van der Waals surface area (Å²) in [6.07, 6.45) is 2.35. The highest BCUT2D eigenvalue weighted by atomic mass is 16.5. The van der Waals surface area contributed by atoms with Crippen LogP contribution < -0.4 is 4.90 Å². The maximum atomic E-state index is 13.2. The van der Waals surface area contributed by atoms with E-state index in [4.69, 9.17) is 13.7 Å². The molecule has 3 heterocycles. The molecule has 1 aliphatic rings. The van der Waals surface area contributed by atoms with Crippen molar-refractivity contribution in [1.82, 2.24) is 10.1 Å². The van der Waals surface area contributed by atoms with Crippen LogP contribution in [0.1, 0.15) is 36.4 Å². The molecule has 158 valence electrons. The van der Waals surface area contributed by atoms with Crippen LogP contribution in [0.15, 0.2) is 57.7 Å². The molecular weight excluding hydrogens is 382 g/mol. The predicted molar refractivity (Wildman–Crippen MR) is 113 cm³/mol. The van der Waals surface area contributed by atoms with E-state index < -0.39 is 0 Å². The lowest BCUT2D eigenvalue weighted by molar-refractivity contribution is 0.0638. The Balaban J connectivity index is 1.74. The number of rotatable bonds is 7. The smallest absolute Gasteiger partial charge is 0.290 e. The van der Waals surface area contributed by atoms with Crippen molar-refractivity contribution < 1.29 is 18.5 Å². The monoisotopic (exact) mass is 409 g/mol. The van der Waals surface area contributed by atoms with Crippen LogP contribution in [0.2, 0.25) is 0 Å². The van der Waals surface area contributed by atoms with Crippen molar-refractivity contribution in [2.75, 3.05) is 31.2 Å². The quantitative estimate of drug-likeness (QED) is 0.582. The van der Waals surface area contributed by atoms with Gasteiger partial charge in [-0.05, 0) is 25.5 Å². The second kappa shape index (κ2) is 9.17. The molecule has 7 heteroatoms. The third kappa shape index (κ3) is 4.11. The molecule has 7 nitrogen and oxygen atoms in total. The number of carbonyl (C=O) groups excluding carboxylic acids is 1. The number of ether oxygens (including phenoxy) is 1. The highest BCUT2D eigenvalue weighted by Crippen LogP contribution is 2.34. The van der Waals surface area contributed by atoms with Gasteiger partial charge in [0.25, 0.3) is 5.91 Å². The fraction of sp³-hybridized carbons (Fsp3) is 0.391. The zero-order valence-electron chi connectivity index (χ0n) is 17.4. The van der Waals surface area contributed by atoms with Gasteiger partial charge >= 0.3 is 0 Å². The lowest BCUT2D eigenvalue weighted by Crippen LogP contribution is -2.39. The lowest BCUT2D eigenvalue weighted by atomic mass is 10.1. The van der Waals surface area contributed by atoms with Crippen LogP contribution in [0.25, 0.3) is 11.3 Å². The molecule has 3 aromatic rings. The first kappa shape index (κ1) is 20.2. The minimum atomic E-state index is -0.137. The van der Waals surface area contributed by atoms with Crippen molar-refractivity contribution in [2.24, 2.45) is 0 Å². The van der Waals surface area contributed by atoms with E-state index in [1.165, 1.54) is 6.26 Å². The zero-order valence-corrected chi connectivity index (χ0v) is 17.4. The fourth-order valence-electron chi connectivity index (χ4n) is 3.64. The molecule has 1 saturated heterocycles. The molecule has 1 fully saturated rings. The Kier molecular flexibility index (Phi) is 6.18. The minimum Gasteiger partial charge on any atom is -0.459 e. The molecule has 1 atom stereocenters. The summed E-state index contributed by atoms with van der Waals surface area (Å²) in [6, 6.07) is 13.4. The van der Waals surface area contributed by atoms with Crippen LogP contribution in [0.3, 0.4) is 0 Å². The van der Waals surface area contributed by atoms with E-state index in [1.54, 1.807) is 12.1 Å². The summed E-state index contributed by atoms with van der Waals surface area (Å²) in [6.45, 7) is 7.24. The maximum absolute atomic E-state index is 13.2. The third-order valence-corrected chi connectivity index (χ3v) is 5.56. The standard InChI is InChI=1S/C23H27N3O4/c1-3-17(2)26(22(27)20-10-7-13-29-20)16-19-21(18-8-5-4-6-9-18)24-30-23(19)25-11-14-28-15-12-25/h4-10,13,17H,3,11-12,14-16H2,1-2H3/t17-/m1/s1. The number of anilines is 1. The Morgan fingerprint density at radius 3 is 2.60 bits per heavy atom. The normalized spacial score (nSPS) is 15.2. The number of hydrogen-bond acceptors (Lipinski definition) is 6. The molecule has 0 unspecified atom stereocenters. The first-order valence-corrected chi connectivity index (χ1v) is 10.4. The number of morpholine rings is 1. The van der Waals surface area contributed by atoms with E-state index in [1.807, 2.05) is 42.2 Å². The molecule has 30 heavy (non-hydrogen) atoms. The summed E-state index contributed by atoms with van der Waals surface area (Å²) in [5.41, 5.74) is 2.63. The lowest BCUT2D eigenvalue weighted by Gasteiger charge is -2.30. The number of aromatic nitrogens is 1. The Morgan fingerprint density at radius 1 is 1.17 bits per heavy atom. The van der Waals surface area contributed by atoms with Crippen molar-refractivity contribution in [3.63, 3.8) is 0 Å². The van der Waals surface area contributed by atoms with Gasteiger partial charge in [-0.25, -0.2) is 0 Å². The second-order valence-corrected chi connectivity index (χ2v) is 7.45. The van der Waals surface area contributed by atoms with Crippen LogP contribution in [-0.2, 0) is 11.3 Å². The number of nitrogens with zero attached hydrogens (tertiary/aromatic N) is 3. The minimum absolute atomic E-state index is 0.0265. The third-order valence-electron chi connectivity index (χ3n) is 5.56. The molecule has 2 aromatic heterocycles. The van der Waals surface area contributed by atoms with Gasteiger partial charge < -0.3 is 23.5 Å². The number of hydrogen-bond donors (Lipinski definition) is 0. The summed E-state index contributed by atoms with van der Waals surface area (Å²) in [7, 11) is 0. The molecule has 1 aliphatic heterocycles. The molecule has 1 aromatic carbocycles. The molecule has 0 bridgehead atoms. The van der Waals surface area contributed by atoms with Gasteiger partial charge in [0, 0.05) is 24.7 Å². The van der Waals surface area contributed by atoms with E-state index in [2.05, 4.69) is 17.0 Å². The van der Waals surface area contributed by atoms with Crippen molar-refractivity contribution in [3.8, 4) is 11.3 Å². The van der Waals surface area contributed by atoms with E-state index in [-0.39, 0.29) is 11.9 Å². The van der Waals surface area contributed by atoms with Gasteiger partial charge in [-0.1, -0.05) is 42.4 Å². The number of amides is 1. The largest absolute Gasteiger partial charge is 0.459 e. The van der Waals surface area contributed by atoms with Crippen molar-refractivity contribution in [3.05, 3.63) is 60.1 Å². The average molecular weight is 409 g/mol. The van der Waals surface area contributed by atoms with Crippen molar-refractivity contribution >= 4 is 11.8 Å². The van der Waals surface area contributed by atoms with Gasteiger partial charge in [0.1, 0.15) is 5.69 Å². The SMILES string of the molecule is CC[C@@H](C)N(Cc1c(-c2ccccc2)noc1N1CCOCC1)C(=O)c1ccco1. The van der Waals surface area contributed by atoms with Gasteiger partial charge in [0.2, 0.25) is 5.88 Å². The van der Waals surface area contributed by atoms with Crippen molar-refractivity contribution in [2.45, 2.75) is 32.9 Å². The Bertz CT molecular complexity index is 946. The predicted octanol–water partition coefficient (Wildman–Crippen LogP) is 4.21. The summed E-state index contributed by atoms with van der Waals surface area (Å²) in [5.74, 6) is 0.904. The van der Waals surface area contributed by atoms with E-state index >= 15 is 0 Å². The molecule has 1 amide bonds. The first-order valence-electron chi connectivity index (χ1n) is 10.4. The van der Waals surface area contributed by atoms with E-state index in [9.17, 15) is 4.79 Å². The van der Waals surface area contributed by atoms with Gasteiger partial charge in [0.15, 0.2) is 5.76 Å². The van der Waals surface area contributed by atoms with Crippen LogP contribution in [0.4, 0.5) is 5.88 Å². The van der Waals surface area contributed by atoms with Gasteiger partial charge in [-0.15, -0.1) is 0 Å². The fourth-order valence-corrected chi connectivity index (χ4v) is 3.64. The Morgan fingerprint density at radius 2 is 1.93 bits per heavy atom. The first-order chi connectivity index (χ1) is 14.7. The highest BCUT2D eigenvalue weighted by Gasteiger charge is 2.30. The summed E-state index contributed by atoms with van der Waals surface area (Å²) < 4.78 is 16.7. The van der Waals surface area contributed by atoms with Crippen LogP contribution in [0, 0.1) is 0 Å². The number of furan rings is 1. The van der Waals surface area contributed by atoms with Crippen LogP contribution in [-0.4, -0.2) is 48.3 Å². The topological polar surface area (TPSA) is 72.0 Å². The molecule has 0 radical (unpaired) electrons. The summed E-state index contributed by atoms with van der Waals surface area (Å²) in [4.78, 5) is 17.2. The van der Waals surface area contributed by atoms with Crippen LogP contribution >= 0.6 is 0 Å². The maximum Gasteiger partial charge on any atom is 0.290 e. The molecule has 0 saturated carbocycles. The Hall–Kier alpha value is -3.06.